The highest BCUT2D eigenvalue weighted by Gasteiger charge is 2.15. The van der Waals surface area contributed by atoms with E-state index in [1.807, 2.05) is 0 Å². The Morgan fingerprint density at radius 1 is 1.44 bits per heavy atom. The van der Waals surface area contributed by atoms with Crippen LogP contribution < -0.4 is 5.43 Å². The molecule has 0 aliphatic heterocycles. The van der Waals surface area contributed by atoms with Crippen LogP contribution in [0.3, 0.4) is 0 Å². The second-order valence-corrected chi connectivity index (χ2v) is 4.44. The average molecular weight is 310 g/mol. The lowest BCUT2D eigenvalue weighted by Crippen LogP contribution is -2.13. The van der Waals surface area contributed by atoms with Gasteiger partial charge < -0.3 is 4.57 Å². The van der Waals surface area contributed by atoms with Crippen molar-refractivity contribution in [1.29, 1.82) is 0 Å². The molecule has 0 amide bonds. The average Bonchev–Trinajstić information content (AvgIpc) is 2.23. The first kappa shape index (κ1) is 13.2. The molecular weight excluding hydrogens is 299 g/mol. The third kappa shape index (κ3) is 3.31. The van der Waals surface area contributed by atoms with Gasteiger partial charge in [0.2, 0.25) is 0 Å². The second kappa shape index (κ2) is 6.00. The summed E-state index contributed by atoms with van der Waals surface area (Å²) in [6.45, 7) is 0.604. The van der Waals surface area contributed by atoms with Crippen LogP contribution in [0.2, 0.25) is 0 Å². The summed E-state index contributed by atoms with van der Waals surface area (Å²) in [6.07, 6.45) is 4.44. The van der Waals surface area contributed by atoms with Crippen molar-refractivity contribution in [3.05, 3.63) is 37.2 Å². The lowest BCUT2D eigenvalue weighted by molar-refractivity contribution is -0.386. The van der Waals surface area contributed by atoms with Gasteiger partial charge in [-0.2, -0.15) is 0 Å². The Bertz CT molecular complexity index is 447. The monoisotopic (exact) mass is 308 g/mol. The Hall–Kier alpha value is -0.880. The summed E-state index contributed by atoms with van der Waals surface area (Å²) in [6, 6.07) is 0. The van der Waals surface area contributed by atoms with Crippen molar-refractivity contribution in [2.45, 2.75) is 19.4 Å². The molecule has 7 heteroatoms. The lowest BCUT2D eigenvalue weighted by atomic mass is 10.3. The zero-order valence-electron chi connectivity index (χ0n) is 8.36. The van der Waals surface area contributed by atoms with E-state index in [4.69, 9.17) is 11.6 Å². The van der Waals surface area contributed by atoms with E-state index >= 15 is 0 Å². The van der Waals surface area contributed by atoms with Gasteiger partial charge in [-0.3, -0.25) is 14.9 Å². The number of halogens is 2. The molecule has 88 valence electrons. The molecule has 1 heterocycles. The fourth-order valence-electron chi connectivity index (χ4n) is 1.23. The molecular formula is C9H10BrClN2O3. The number of alkyl halides is 1. The molecule has 16 heavy (non-hydrogen) atoms. The number of aromatic nitrogens is 1. The molecule has 1 aromatic rings. The lowest BCUT2D eigenvalue weighted by Gasteiger charge is -2.05. The molecule has 0 aliphatic rings. The van der Waals surface area contributed by atoms with Crippen LogP contribution in [0.4, 0.5) is 5.69 Å². The molecule has 0 radical (unpaired) electrons. The first-order valence-corrected chi connectivity index (χ1v) is 5.99. The smallest absolute Gasteiger partial charge is 0.333 e. The van der Waals surface area contributed by atoms with Crippen LogP contribution in [0.5, 0.6) is 0 Å². The van der Waals surface area contributed by atoms with E-state index in [9.17, 15) is 14.9 Å². The number of nitrogens with zero attached hydrogens (tertiary/aromatic N) is 2. The van der Waals surface area contributed by atoms with Crippen molar-refractivity contribution in [2.75, 3.05) is 5.88 Å². The molecule has 5 nitrogen and oxygen atoms in total. The fraction of sp³-hybridized carbons (Fsp3) is 0.444. The zero-order chi connectivity index (χ0) is 12.1. The van der Waals surface area contributed by atoms with E-state index < -0.39 is 16.0 Å². The largest absolute Gasteiger partial charge is 0.347 e. The Labute approximate surface area is 105 Å². The van der Waals surface area contributed by atoms with Crippen molar-refractivity contribution in [2.24, 2.45) is 0 Å². The third-order valence-corrected chi connectivity index (χ3v) is 2.85. The number of nitro groups is 1. The topological polar surface area (TPSA) is 65.1 Å². The van der Waals surface area contributed by atoms with Gasteiger partial charge in [-0.25, -0.2) is 0 Å². The molecule has 0 saturated carbocycles. The predicted octanol–water partition coefficient (Wildman–Crippen LogP) is 2.54. The molecule has 1 rings (SSSR count). The van der Waals surface area contributed by atoms with Crippen LogP contribution in [0.15, 0.2) is 21.7 Å². The molecule has 0 fully saturated rings. The van der Waals surface area contributed by atoms with Gasteiger partial charge in [0, 0.05) is 18.6 Å². The van der Waals surface area contributed by atoms with Gasteiger partial charge >= 0.3 is 5.69 Å². The predicted molar refractivity (Wildman–Crippen MR) is 65.0 cm³/mol. The van der Waals surface area contributed by atoms with E-state index in [0.717, 1.165) is 12.8 Å². The quantitative estimate of drug-likeness (QED) is 0.363. The summed E-state index contributed by atoms with van der Waals surface area (Å²) in [5.41, 5.74) is -1.01. The Morgan fingerprint density at radius 3 is 2.69 bits per heavy atom. The van der Waals surface area contributed by atoms with E-state index in [0.29, 0.717) is 12.4 Å². The summed E-state index contributed by atoms with van der Waals surface area (Å²) in [5.74, 6) is 0.559. The second-order valence-electron chi connectivity index (χ2n) is 3.21. The minimum absolute atomic E-state index is 0.201. The highest BCUT2D eigenvalue weighted by molar-refractivity contribution is 9.10. The summed E-state index contributed by atoms with van der Waals surface area (Å²) in [4.78, 5) is 21.3. The van der Waals surface area contributed by atoms with Gasteiger partial charge in [0.15, 0.2) is 0 Å². The van der Waals surface area contributed by atoms with Crippen LogP contribution in [0.1, 0.15) is 12.8 Å². The SMILES string of the molecule is O=c1c(Br)cn(CCCCCl)cc1[N+](=O)[O-]. The standard InChI is InChI=1S/C9H10BrClN2O3/c10-7-5-12(4-2-1-3-11)6-8(9(7)14)13(15)16/h5-6H,1-4H2. The van der Waals surface area contributed by atoms with Crippen molar-refractivity contribution >= 4 is 33.2 Å². The molecule has 0 saturated heterocycles. The van der Waals surface area contributed by atoms with Crippen molar-refractivity contribution in [1.82, 2.24) is 4.57 Å². The Kier molecular flexibility index (Phi) is 4.95. The Balaban J connectivity index is 2.95. The van der Waals surface area contributed by atoms with Crippen LogP contribution in [-0.4, -0.2) is 15.4 Å². The number of rotatable bonds is 5. The minimum Gasteiger partial charge on any atom is -0.347 e. The summed E-state index contributed by atoms with van der Waals surface area (Å²) in [7, 11) is 0. The number of hydrogen-bond donors (Lipinski definition) is 0. The molecule has 1 aromatic heterocycles. The highest BCUT2D eigenvalue weighted by atomic mass is 79.9. The first-order valence-electron chi connectivity index (χ1n) is 4.66. The Morgan fingerprint density at radius 2 is 2.12 bits per heavy atom. The molecule has 0 aliphatic carbocycles. The molecule has 0 spiro atoms. The van der Waals surface area contributed by atoms with E-state index in [1.165, 1.54) is 6.20 Å². The maximum Gasteiger partial charge on any atom is 0.333 e. The van der Waals surface area contributed by atoms with Gasteiger partial charge in [-0.05, 0) is 28.8 Å². The molecule has 0 aromatic carbocycles. The van der Waals surface area contributed by atoms with Crippen LogP contribution >= 0.6 is 27.5 Å². The number of pyridine rings is 1. The summed E-state index contributed by atoms with van der Waals surface area (Å²) >= 11 is 8.54. The number of unbranched alkanes of at least 4 members (excludes halogenated alkanes) is 1. The zero-order valence-corrected chi connectivity index (χ0v) is 10.7. The first-order chi connectivity index (χ1) is 7.56. The number of aryl methyl sites for hydroxylation is 1. The van der Waals surface area contributed by atoms with Gasteiger partial charge in [0.1, 0.15) is 0 Å². The van der Waals surface area contributed by atoms with Crippen molar-refractivity contribution in [3.63, 3.8) is 0 Å². The van der Waals surface area contributed by atoms with E-state index in [2.05, 4.69) is 15.9 Å². The minimum atomic E-state index is -0.675. The van der Waals surface area contributed by atoms with Gasteiger partial charge in [0.25, 0.3) is 5.43 Å². The van der Waals surface area contributed by atoms with E-state index in [-0.39, 0.29) is 4.47 Å². The van der Waals surface area contributed by atoms with Crippen LogP contribution in [0, 0.1) is 10.1 Å². The van der Waals surface area contributed by atoms with Crippen molar-refractivity contribution in [3.8, 4) is 0 Å². The molecule has 0 atom stereocenters. The summed E-state index contributed by atoms with van der Waals surface area (Å²) in [5, 5.41) is 10.6. The molecule has 0 N–H and O–H groups in total. The molecule has 0 bridgehead atoms. The molecule has 0 unspecified atom stereocenters. The normalized spacial score (nSPS) is 10.4. The third-order valence-electron chi connectivity index (χ3n) is 2.01. The highest BCUT2D eigenvalue weighted by Crippen LogP contribution is 2.11. The van der Waals surface area contributed by atoms with Gasteiger partial charge in [0.05, 0.1) is 15.6 Å². The van der Waals surface area contributed by atoms with Gasteiger partial charge in [-0.15, -0.1) is 11.6 Å². The number of hydrogen-bond acceptors (Lipinski definition) is 3. The fourth-order valence-corrected chi connectivity index (χ4v) is 1.88. The maximum absolute atomic E-state index is 11.4. The summed E-state index contributed by atoms with van der Waals surface area (Å²) < 4.78 is 1.82. The van der Waals surface area contributed by atoms with Gasteiger partial charge in [-0.1, -0.05) is 0 Å². The van der Waals surface area contributed by atoms with Crippen molar-refractivity contribution < 1.29 is 4.92 Å². The van der Waals surface area contributed by atoms with E-state index in [1.54, 1.807) is 10.8 Å². The maximum atomic E-state index is 11.4. The van der Waals surface area contributed by atoms with Crippen LogP contribution in [-0.2, 0) is 6.54 Å². The van der Waals surface area contributed by atoms with Crippen LogP contribution in [0.25, 0.3) is 0 Å².